The minimum atomic E-state index is -4.57. The van der Waals surface area contributed by atoms with Crippen molar-refractivity contribution >= 4 is 17.4 Å². The number of hydrogen-bond acceptors (Lipinski definition) is 4. The smallest absolute Gasteiger partial charge is 0.417 e. The van der Waals surface area contributed by atoms with Gasteiger partial charge < -0.3 is 9.64 Å². The molecular weight excluding hydrogens is 393 g/mol. The van der Waals surface area contributed by atoms with Crippen molar-refractivity contribution in [2.24, 2.45) is 4.99 Å². The number of aliphatic imine (C=N–C) groups is 1. The summed E-state index contributed by atoms with van der Waals surface area (Å²) >= 11 is 5.93. The molecule has 27 heavy (non-hydrogen) atoms. The van der Waals surface area contributed by atoms with E-state index >= 15 is 0 Å². The van der Waals surface area contributed by atoms with E-state index in [-0.39, 0.29) is 35.3 Å². The van der Waals surface area contributed by atoms with Crippen molar-refractivity contribution in [3.05, 3.63) is 52.2 Å². The van der Waals surface area contributed by atoms with Gasteiger partial charge in [0.2, 0.25) is 0 Å². The van der Waals surface area contributed by atoms with Crippen LogP contribution in [0.2, 0.25) is 5.15 Å². The van der Waals surface area contributed by atoms with Gasteiger partial charge in [-0.3, -0.25) is 4.99 Å². The van der Waals surface area contributed by atoms with Crippen molar-refractivity contribution in [1.82, 2.24) is 9.88 Å². The van der Waals surface area contributed by atoms with Crippen molar-refractivity contribution in [2.75, 3.05) is 13.7 Å². The summed E-state index contributed by atoms with van der Waals surface area (Å²) in [6.07, 6.45) is -2.07. The number of nitrogens with zero attached hydrogens (tertiary/aromatic N) is 3. The molecule has 1 aromatic rings. The van der Waals surface area contributed by atoms with Gasteiger partial charge in [-0.05, 0) is 24.1 Å². The average Bonchev–Trinajstić information content (AvgIpc) is 2.96. The molecule has 0 fully saturated rings. The number of pyridine rings is 1. The number of alkyl halides is 5. The highest BCUT2D eigenvalue weighted by atomic mass is 35.5. The summed E-state index contributed by atoms with van der Waals surface area (Å²) < 4.78 is 73.5. The Hall–Kier alpha value is -2.16. The third-order valence-corrected chi connectivity index (χ3v) is 5.28. The van der Waals surface area contributed by atoms with Gasteiger partial charge in [-0.15, -0.1) is 0 Å². The van der Waals surface area contributed by atoms with Crippen LogP contribution in [0.4, 0.5) is 22.0 Å². The van der Waals surface area contributed by atoms with Gasteiger partial charge in [0.1, 0.15) is 10.7 Å². The molecule has 1 aromatic heterocycles. The monoisotopic (exact) mass is 405 g/mol. The fourth-order valence-electron chi connectivity index (χ4n) is 3.75. The Labute approximate surface area is 156 Å². The lowest BCUT2D eigenvalue weighted by molar-refractivity contribution is -0.0894. The first kappa shape index (κ1) is 18.2. The topological polar surface area (TPSA) is 37.7 Å². The molecule has 10 heteroatoms. The van der Waals surface area contributed by atoms with E-state index in [9.17, 15) is 22.0 Å². The highest BCUT2D eigenvalue weighted by Crippen LogP contribution is 2.53. The van der Waals surface area contributed by atoms with Gasteiger partial charge in [-0.1, -0.05) is 11.6 Å². The van der Waals surface area contributed by atoms with Crippen LogP contribution < -0.4 is 0 Å². The van der Waals surface area contributed by atoms with Gasteiger partial charge in [-0.2, -0.15) is 13.2 Å². The van der Waals surface area contributed by atoms with Crippen molar-refractivity contribution in [2.45, 2.75) is 30.5 Å². The van der Waals surface area contributed by atoms with Crippen LogP contribution in [0.5, 0.6) is 0 Å². The maximum absolute atomic E-state index is 14.4. The maximum Gasteiger partial charge on any atom is 0.417 e. The summed E-state index contributed by atoms with van der Waals surface area (Å²) in [5.74, 6) is -3.07. The van der Waals surface area contributed by atoms with E-state index in [1.807, 2.05) is 0 Å². The molecule has 0 radical (unpaired) electrons. The number of halogens is 6. The lowest BCUT2D eigenvalue weighted by Crippen LogP contribution is -2.40. The zero-order chi connectivity index (χ0) is 19.6. The molecule has 1 atom stereocenters. The molecule has 0 amide bonds. The normalized spacial score (nSPS) is 26.2. The first-order valence-corrected chi connectivity index (χ1v) is 8.40. The van der Waals surface area contributed by atoms with Crippen molar-refractivity contribution in [1.29, 1.82) is 0 Å². The molecule has 0 N–H and O–H groups in total. The summed E-state index contributed by atoms with van der Waals surface area (Å²) in [6.45, 7) is -0.0218. The second kappa shape index (κ2) is 5.67. The Kier molecular flexibility index (Phi) is 3.82. The Morgan fingerprint density at radius 3 is 2.67 bits per heavy atom. The molecule has 3 aliphatic rings. The summed E-state index contributed by atoms with van der Waals surface area (Å²) in [5, 5.41) is -0.323. The van der Waals surface area contributed by atoms with Crippen LogP contribution in [0.3, 0.4) is 0 Å². The number of ether oxygens (including phenoxy) is 1. The molecule has 144 valence electrons. The molecule has 0 saturated heterocycles. The fourth-order valence-corrected chi connectivity index (χ4v) is 4.05. The number of amidine groups is 1. The number of hydrogen-bond donors (Lipinski definition) is 0. The first-order chi connectivity index (χ1) is 12.6. The van der Waals surface area contributed by atoms with Crippen LogP contribution in [0.15, 0.2) is 40.9 Å². The van der Waals surface area contributed by atoms with Gasteiger partial charge in [0.15, 0.2) is 11.6 Å². The highest BCUT2D eigenvalue weighted by Gasteiger charge is 2.54. The Morgan fingerprint density at radius 1 is 1.26 bits per heavy atom. The molecule has 1 spiro atoms. The fraction of sp³-hybridized carbons (Fsp3) is 0.412. The van der Waals surface area contributed by atoms with E-state index in [2.05, 4.69) is 9.98 Å². The third kappa shape index (κ3) is 2.70. The molecule has 0 bridgehead atoms. The third-order valence-electron chi connectivity index (χ3n) is 5.00. The lowest BCUT2D eigenvalue weighted by Gasteiger charge is -2.37. The van der Waals surface area contributed by atoms with E-state index < -0.39 is 35.2 Å². The Bertz CT molecular complexity index is 908. The molecule has 4 nitrogen and oxygen atoms in total. The van der Waals surface area contributed by atoms with E-state index in [1.165, 1.54) is 24.3 Å². The van der Waals surface area contributed by atoms with E-state index in [4.69, 9.17) is 16.3 Å². The summed E-state index contributed by atoms with van der Waals surface area (Å²) in [7, 11) is 1.24. The quantitative estimate of drug-likeness (QED) is 0.509. The number of methoxy groups -OCH3 is 1. The summed E-state index contributed by atoms with van der Waals surface area (Å²) in [5.41, 5.74) is -2.28. The summed E-state index contributed by atoms with van der Waals surface area (Å²) in [6, 6.07) is 1.40. The van der Waals surface area contributed by atoms with Gasteiger partial charge in [-0.25, -0.2) is 13.8 Å². The second-order valence-corrected chi connectivity index (χ2v) is 6.98. The number of allylic oxidation sites excluding steroid dienone is 2. The zero-order valence-electron chi connectivity index (χ0n) is 13.9. The zero-order valence-corrected chi connectivity index (χ0v) is 14.7. The van der Waals surface area contributed by atoms with E-state index in [0.29, 0.717) is 0 Å². The van der Waals surface area contributed by atoms with Crippen molar-refractivity contribution in [3.8, 4) is 0 Å². The van der Waals surface area contributed by atoms with Crippen molar-refractivity contribution in [3.63, 3.8) is 0 Å². The van der Waals surface area contributed by atoms with E-state index in [1.54, 1.807) is 0 Å². The molecule has 4 rings (SSSR count). The van der Waals surface area contributed by atoms with Gasteiger partial charge >= 0.3 is 6.18 Å². The van der Waals surface area contributed by atoms with Gasteiger partial charge in [0, 0.05) is 18.8 Å². The predicted molar refractivity (Wildman–Crippen MR) is 87.4 cm³/mol. The van der Waals surface area contributed by atoms with Crippen LogP contribution in [0, 0.1) is 0 Å². The molecule has 0 saturated carbocycles. The standard InChI is InChI=1S/C17H13ClF5N3O/c1-27-11-6-9(17(21,22)23)7-26-8-15(25-14(11)26)3-4-16(19,20)12-10(15)2-5-24-13(12)18/h2,5-7H,3-4,8H2,1H3/t15-/m1/s1. The Balaban J connectivity index is 1.86. The molecule has 0 aromatic carbocycles. The number of rotatable bonds is 1. The van der Waals surface area contributed by atoms with Gasteiger partial charge in [0.05, 0.1) is 24.8 Å². The minimum absolute atomic E-state index is 0.0218. The molecule has 2 aliphatic heterocycles. The second-order valence-electron chi connectivity index (χ2n) is 6.62. The van der Waals surface area contributed by atoms with Crippen LogP contribution in [-0.4, -0.2) is 35.6 Å². The summed E-state index contributed by atoms with van der Waals surface area (Å²) in [4.78, 5) is 9.57. The maximum atomic E-state index is 14.4. The predicted octanol–water partition coefficient (Wildman–Crippen LogP) is 4.52. The molecule has 0 unspecified atom stereocenters. The number of aromatic nitrogens is 1. The first-order valence-electron chi connectivity index (χ1n) is 8.02. The molecule has 3 heterocycles. The molecular formula is C17H13ClF5N3O. The van der Waals surface area contributed by atoms with Crippen LogP contribution in [0.1, 0.15) is 24.0 Å². The van der Waals surface area contributed by atoms with Crippen LogP contribution in [0.25, 0.3) is 0 Å². The Morgan fingerprint density at radius 2 is 2.00 bits per heavy atom. The van der Waals surface area contributed by atoms with Gasteiger partial charge in [0.25, 0.3) is 5.92 Å². The lowest BCUT2D eigenvalue weighted by atomic mass is 9.76. The number of fused-ring (bicyclic) bond motifs is 3. The highest BCUT2D eigenvalue weighted by molar-refractivity contribution is 6.30. The van der Waals surface area contributed by atoms with Crippen LogP contribution >= 0.6 is 11.6 Å². The molecule has 1 aliphatic carbocycles. The SMILES string of the molecule is COC1=CC(C(F)(F)F)=CN2C[C@@]3(CCC(F)(F)c4c3ccnc4Cl)N=C12. The average molecular weight is 406 g/mol. The minimum Gasteiger partial charge on any atom is -0.493 e. The largest absolute Gasteiger partial charge is 0.493 e. The van der Waals surface area contributed by atoms with Crippen LogP contribution in [-0.2, 0) is 16.2 Å². The van der Waals surface area contributed by atoms with Crippen molar-refractivity contribution < 1.29 is 26.7 Å². The van der Waals surface area contributed by atoms with E-state index in [0.717, 1.165) is 12.3 Å².